The molecule has 88 valence electrons. The molecule has 16 heavy (non-hydrogen) atoms. The lowest BCUT2D eigenvalue weighted by molar-refractivity contribution is -0.116. The number of unbranched alkanes of at least 4 members (excludes halogenated alkanes) is 3. The van der Waals surface area contributed by atoms with E-state index in [-0.39, 0.29) is 5.91 Å². The van der Waals surface area contributed by atoms with Crippen molar-refractivity contribution in [1.82, 2.24) is 0 Å². The van der Waals surface area contributed by atoms with Crippen LogP contribution in [0.5, 0.6) is 0 Å². The second-order valence-electron chi connectivity index (χ2n) is 3.77. The Balaban J connectivity index is 2.12. The first kappa shape index (κ1) is 13.5. The highest BCUT2D eigenvalue weighted by atomic mass is 127. The molecule has 0 aliphatic carbocycles. The molecule has 0 aliphatic rings. The lowest BCUT2D eigenvalue weighted by Crippen LogP contribution is -2.10. The van der Waals surface area contributed by atoms with Gasteiger partial charge in [-0.2, -0.15) is 0 Å². The summed E-state index contributed by atoms with van der Waals surface area (Å²) in [5, 5.41) is 2.89. The normalized spacial score (nSPS) is 10.1. The average molecular weight is 331 g/mol. The van der Waals surface area contributed by atoms with E-state index in [1.807, 2.05) is 30.3 Å². The minimum absolute atomic E-state index is 0.126. The van der Waals surface area contributed by atoms with Gasteiger partial charge in [0.2, 0.25) is 5.91 Å². The molecule has 1 rings (SSSR count). The molecular formula is C13H18INO. The molecule has 1 aromatic rings. The summed E-state index contributed by atoms with van der Waals surface area (Å²) in [5.74, 6) is 0.126. The molecule has 0 unspecified atom stereocenters. The van der Waals surface area contributed by atoms with E-state index in [0.717, 1.165) is 18.5 Å². The monoisotopic (exact) mass is 331 g/mol. The number of benzene rings is 1. The Bertz CT molecular complexity index is 300. The molecule has 0 saturated carbocycles. The van der Waals surface area contributed by atoms with Gasteiger partial charge in [0.05, 0.1) is 0 Å². The zero-order chi connectivity index (χ0) is 11.6. The first-order valence-corrected chi connectivity index (χ1v) is 7.26. The van der Waals surface area contributed by atoms with E-state index in [2.05, 4.69) is 27.9 Å². The van der Waals surface area contributed by atoms with E-state index in [1.54, 1.807) is 0 Å². The van der Waals surface area contributed by atoms with Gasteiger partial charge < -0.3 is 5.32 Å². The topological polar surface area (TPSA) is 29.1 Å². The molecule has 0 radical (unpaired) electrons. The molecule has 0 fully saturated rings. The van der Waals surface area contributed by atoms with Crippen molar-refractivity contribution < 1.29 is 4.79 Å². The molecule has 1 aromatic carbocycles. The van der Waals surface area contributed by atoms with Gasteiger partial charge in [-0.1, -0.05) is 53.6 Å². The molecule has 0 heterocycles. The van der Waals surface area contributed by atoms with Crippen molar-refractivity contribution in [2.45, 2.75) is 32.1 Å². The van der Waals surface area contributed by atoms with E-state index < -0.39 is 0 Å². The second-order valence-corrected chi connectivity index (χ2v) is 4.85. The Labute approximate surface area is 111 Å². The highest BCUT2D eigenvalue weighted by Gasteiger charge is 2.01. The number of alkyl halides is 1. The number of hydrogen-bond donors (Lipinski definition) is 1. The third kappa shape index (κ3) is 6.10. The van der Waals surface area contributed by atoms with Gasteiger partial charge in [-0.05, 0) is 29.4 Å². The van der Waals surface area contributed by atoms with Crippen molar-refractivity contribution >= 4 is 34.2 Å². The number of anilines is 1. The second kappa shape index (κ2) is 8.56. The van der Waals surface area contributed by atoms with Crippen LogP contribution >= 0.6 is 22.6 Å². The Hall–Kier alpha value is -0.580. The zero-order valence-electron chi connectivity index (χ0n) is 9.42. The molecule has 0 atom stereocenters. The Kier molecular flexibility index (Phi) is 7.21. The fourth-order valence-electron chi connectivity index (χ4n) is 1.48. The summed E-state index contributed by atoms with van der Waals surface area (Å²) in [6.45, 7) is 0. The summed E-state index contributed by atoms with van der Waals surface area (Å²) in [6.07, 6.45) is 5.29. The highest BCUT2D eigenvalue weighted by Crippen LogP contribution is 2.08. The lowest BCUT2D eigenvalue weighted by Gasteiger charge is -2.04. The van der Waals surface area contributed by atoms with Gasteiger partial charge in [-0.25, -0.2) is 0 Å². The van der Waals surface area contributed by atoms with Crippen LogP contribution in [-0.2, 0) is 4.79 Å². The van der Waals surface area contributed by atoms with E-state index in [9.17, 15) is 4.79 Å². The van der Waals surface area contributed by atoms with E-state index in [0.29, 0.717) is 6.42 Å². The first-order valence-electron chi connectivity index (χ1n) is 5.74. The van der Waals surface area contributed by atoms with Gasteiger partial charge in [-0.3, -0.25) is 4.79 Å². The van der Waals surface area contributed by atoms with Crippen LogP contribution in [-0.4, -0.2) is 10.3 Å². The quantitative estimate of drug-likeness (QED) is 0.457. The van der Waals surface area contributed by atoms with Crippen LogP contribution < -0.4 is 5.32 Å². The third-order valence-corrected chi connectivity index (χ3v) is 3.11. The zero-order valence-corrected chi connectivity index (χ0v) is 11.6. The number of para-hydroxylation sites is 1. The van der Waals surface area contributed by atoms with Gasteiger partial charge in [0.15, 0.2) is 0 Å². The number of carbonyl (C=O) groups is 1. The summed E-state index contributed by atoms with van der Waals surface area (Å²) in [7, 11) is 0. The Morgan fingerprint density at radius 1 is 1.06 bits per heavy atom. The van der Waals surface area contributed by atoms with Crippen LogP contribution in [0.2, 0.25) is 0 Å². The predicted octanol–water partition coefficient (Wildman–Crippen LogP) is 4.01. The number of amides is 1. The number of nitrogens with one attached hydrogen (secondary N) is 1. The largest absolute Gasteiger partial charge is 0.326 e. The van der Waals surface area contributed by atoms with Crippen molar-refractivity contribution in [2.24, 2.45) is 0 Å². The van der Waals surface area contributed by atoms with E-state index in [1.165, 1.54) is 17.3 Å². The summed E-state index contributed by atoms with van der Waals surface area (Å²) in [4.78, 5) is 11.5. The van der Waals surface area contributed by atoms with Crippen molar-refractivity contribution in [1.29, 1.82) is 0 Å². The van der Waals surface area contributed by atoms with Gasteiger partial charge >= 0.3 is 0 Å². The van der Waals surface area contributed by atoms with Crippen LogP contribution in [0, 0.1) is 0 Å². The first-order chi connectivity index (χ1) is 7.83. The number of rotatable bonds is 7. The van der Waals surface area contributed by atoms with Crippen molar-refractivity contribution in [3.05, 3.63) is 30.3 Å². The molecular weight excluding hydrogens is 313 g/mol. The SMILES string of the molecule is O=C(CCCCCCI)Nc1ccccc1. The minimum Gasteiger partial charge on any atom is -0.326 e. The Morgan fingerprint density at radius 2 is 1.75 bits per heavy atom. The van der Waals surface area contributed by atoms with Crippen molar-refractivity contribution in [2.75, 3.05) is 9.74 Å². The maximum absolute atomic E-state index is 11.5. The molecule has 3 heteroatoms. The summed E-state index contributed by atoms with van der Waals surface area (Å²) >= 11 is 2.39. The average Bonchev–Trinajstić information content (AvgIpc) is 2.30. The number of carbonyl (C=O) groups excluding carboxylic acids is 1. The molecule has 0 spiro atoms. The molecule has 0 bridgehead atoms. The standard InChI is InChI=1S/C13H18INO/c14-11-7-2-1-6-10-13(16)15-12-8-4-3-5-9-12/h3-5,8-9H,1-2,6-7,10-11H2,(H,15,16). The fourth-order valence-corrected chi connectivity index (χ4v) is 2.02. The predicted molar refractivity (Wildman–Crippen MR) is 77.0 cm³/mol. The minimum atomic E-state index is 0.126. The maximum atomic E-state index is 11.5. The molecule has 0 aliphatic heterocycles. The fraction of sp³-hybridized carbons (Fsp3) is 0.462. The van der Waals surface area contributed by atoms with Crippen LogP contribution in [0.1, 0.15) is 32.1 Å². The molecule has 1 amide bonds. The molecule has 1 N–H and O–H groups in total. The maximum Gasteiger partial charge on any atom is 0.224 e. The third-order valence-electron chi connectivity index (χ3n) is 2.35. The highest BCUT2D eigenvalue weighted by molar-refractivity contribution is 14.1. The van der Waals surface area contributed by atoms with Gasteiger partial charge in [0.25, 0.3) is 0 Å². The van der Waals surface area contributed by atoms with E-state index in [4.69, 9.17) is 0 Å². The Morgan fingerprint density at radius 3 is 2.44 bits per heavy atom. The summed E-state index contributed by atoms with van der Waals surface area (Å²) in [5.41, 5.74) is 0.889. The van der Waals surface area contributed by atoms with Gasteiger partial charge in [-0.15, -0.1) is 0 Å². The van der Waals surface area contributed by atoms with Crippen molar-refractivity contribution in [3.63, 3.8) is 0 Å². The van der Waals surface area contributed by atoms with Crippen molar-refractivity contribution in [3.8, 4) is 0 Å². The molecule has 0 saturated heterocycles. The number of halogens is 1. The summed E-state index contributed by atoms with van der Waals surface area (Å²) in [6, 6.07) is 9.62. The van der Waals surface area contributed by atoms with Crippen LogP contribution in [0.25, 0.3) is 0 Å². The summed E-state index contributed by atoms with van der Waals surface area (Å²) < 4.78 is 1.22. The van der Waals surface area contributed by atoms with Crippen LogP contribution in [0.15, 0.2) is 30.3 Å². The molecule has 2 nitrogen and oxygen atoms in total. The lowest BCUT2D eigenvalue weighted by atomic mass is 10.1. The van der Waals surface area contributed by atoms with Gasteiger partial charge in [0.1, 0.15) is 0 Å². The molecule has 0 aromatic heterocycles. The van der Waals surface area contributed by atoms with Gasteiger partial charge in [0, 0.05) is 12.1 Å². The van der Waals surface area contributed by atoms with E-state index >= 15 is 0 Å². The smallest absolute Gasteiger partial charge is 0.224 e. The van der Waals surface area contributed by atoms with Crippen LogP contribution in [0.3, 0.4) is 0 Å². The number of hydrogen-bond acceptors (Lipinski definition) is 1. The van der Waals surface area contributed by atoms with Crippen LogP contribution in [0.4, 0.5) is 5.69 Å².